The maximum Gasteiger partial charge on any atom is 0.261 e. The van der Waals surface area contributed by atoms with Crippen molar-refractivity contribution >= 4 is 15.7 Å². The summed E-state index contributed by atoms with van der Waals surface area (Å²) in [5, 5.41) is 9.34. The standard InChI is InChI=1S/C14H15NO4S/c1-10-8-13(6-7-14(10)19-2)20(17,18)15-11-4-3-5-12(16)9-11/h3-9,15-16H,1-2H3. The van der Waals surface area contributed by atoms with Crippen molar-refractivity contribution in [3.8, 4) is 11.5 Å². The van der Waals surface area contributed by atoms with Gasteiger partial charge in [-0.25, -0.2) is 8.42 Å². The summed E-state index contributed by atoms with van der Waals surface area (Å²) in [4.78, 5) is 0.138. The van der Waals surface area contributed by atoms with Crippen LogP contribution in [0.5, 0.6) is 11.5 Å². The third-order valence-corrected chi connectivity index (χ3v) is 4.15. The first kappa shape index (κ1) is 14.2. The maximum atomic E-state index is 12.2. The molecule has 2 rings (SSSR count). The average Bonchev–Trinajstić information content (AvgIpc) is 2.38. The van der Waals surface area contributed by atoms with Gasteiger partial charge in [-0.2, -0.15) is 0 Å². The van der Waals surface area contributed by atoms with Gasteiger partial charge in [-0.3, -0.25) is 4.72 Å². The molecule has 0 unspecified atom stereocenters. The monoisotopic (exact) mass is 293 g/mol. The lowest BCUT2D eigenvalue weighted by Crippen LogP contribution is -2.13. The van der Waals surface area contributed by atoms with Gasteiger partial charge in [0.1, 0.15) is 11.5 Å². The Morgan fingerprint density at radius 1 is 1.15 bits per heavy atom. The van der Waals surface area contributed by atoms with Gasteiger partial charge in [0.15, 0.2) is 0 Å². The molecule has 0 aliphatic heterocycles. The Bertz CT molecular complexity index is 726. The number of anilines is 1. The summed E-state index contributed by atoms with van der Waals surface area (Å²) in [6.45, 7) is 1.77. The minimum Gasteiger partial charge on any atom is -0.508 e. The maximum absolute atomic E-state index is 12.2. The quantitative estimate of drug-likeness (QED) is 0.908. The molecule has 0 radical (unpaired) electrons. The van der Waals surface area contributed by atoms with Crippen molar-refractivity contribution in [1.29, 1.82) is 0 Å². The number of methoxy groups -OCH3 is 1. The highest BCUT2D eigenvalue weighted by Crippen LogP contribution is 2.24. The van der Waals surface area contributed by atoms with Gasteiger partial charge in [0.2, 0.25) is 0 Å². The van der Waals surface area contributed by atoms with Gasteiger partial charge in [-0.05, 0) is 42.8 Å². The van der Waals surface area contributed by atoms with Crippen LogP contribution in [-0.4, -0.2) is 20.6 Å². The minimum absolute atomic E-state index is 0.00360. The lowest BCUT2D eigenvalue weighted by Gasteiger charge is -2.10. The fraction of sp³-hybridized carbons (Fsp3) is 0.143. The topological polar surface area (TPSA) is 75.6 Å². The highest BCUT2D eigenvalue weighted by Gasteiger charge is 2.15. The van der Waals surface area contributed by atoms with E-state index in [4.69, 9.17) is 4.74 Å². The molecule has 20 heavy (non-hydrogen) atoms. The molecule has 0 aliphatic carbocycles. The second-order valence-electron chi connectivity index (χ2n) is 4.29. The molecule has 2 aromatic carbocycles. The Kier molecular flexibility index (Phi) is 3.85. The SMILES string of the molecule is COc1ccc(S(=O)(=O)Nc2cccc(O)c2)cc1C. The number of sulfonamides is 1. The summed E-state index contributed by atoms with van der Waals surface area (Å²) in [6.07, 6.45) is 0. The summed E-state index contributed by atoms with van der Waals surface area (Å²) in [5.41, 5.74) is 1.03. The zero-order chi connectivity index (χ0) is 14.8. The van der Waals surface area contributed by atoms with Crippen molar-refractivity contribution in [3.63, 3.8) is 0 Å². The van der Waals surface area contributed by atoms with E-state index in [0.29, 0.717) is 11.4 Å². The number of rotatable bonds is 4. The van der Waals surface area contributed by atoms with Gasteiger partial charge in [0.25, 0.3) is 10.0 Å². The zero-order valence-electron chi connectivity index (χ0n) is 11.1. The molecule has 2 N–H and O–H groups in total. The summed E-state index contributed by atoms with van der Waals surface area (Å²) in [5.74, 6) is 0.623. The summed E-state index contributed by atoms with van der Waals surface area (Å²) in [7, 11) is -2.16. The van der Waals surface area contributed by atoms with E-state index in [1.54, 1.807) is 25.1 Å². The predicted molar refractivity (Wildman–Crippen MR) is 76.6 cm³/mol. The number of aryl methyl sites for hydroxylation is 1. The van der Waals surface area contributed by atoms with E-state index in [0.717, 1.165) is 5.56 Å². The van der Waals surface area contributed by atoms with Crippen LogP contribution in [-0.2, 0) is 10.0 Å². The number of nitrogens with one attached hydrogen (secondary N) is 1. The molecular weight excluding hydrogens is 278 g/mol. The molecular formula is C14H15NO4S. The second kappa shape index (κ2) is 5.42. The second-order valence-corrected chi connectivity index (χ2v) is 5.97. The van der Waals surface area contributed by atoms with Crippen LogP contribution in [0.25, 0.3) is 0 Å². The van der Waals surface area contributed by atoms with E-state index in [2.05, 4.69) is 4.72 Å². The third-order valence-electron chi connectivity index (χ3n) is 2.77. The molecule has 0 fully saturated rings. The highest BCUT2D eigenvalue weighted by atomic mass is 32.2. The molecule has 0 aromatic heterocycles. The molecule has 0 saturated carbocycles. The zero-order valence-corrected chi connectivity index (χ0v) is 11.9. The Morgan fingerprint density at radius 2 is 1.90 bits per heavy atom. The molecule has 6 heteroatoms. The van der Waals surface area contributed by atoms with Crippen molar-refractivity contribution in [1.82, 2.24) is 0 Å². The van der Waals surface area contributed by atoms with Crippen molar-refractivity contribution in [3.05, 3.63) is 48.0 Å². The fourth-order valence-corrected chi connectivity index (χ4v) is 2.94. The van der Waals surface area contributed by atoms with Crippen LogP contribution in [0.4, 0.5) is 5.69 Å². The molecule has 0 amide bonds. The van der Waals surface area contributed by atoms with Crippen LogP contribution in [0.15, 0.2) is 47.4 Å². The number of phenolic OH excluding ortho intramolecular Hbond substituents is 1. The van der Waals surface area contributed by atoms with Gasteiger partial charge in [0.05, 0.1) is 17.7 Å². The van der Waals surface area contributed by atoms with Crippen LogP contribution in [0, 0.1) is 6.92 Å². The number of aromatic hydroxyl groups is 1. The number of hydrogen-bond acceptors (Lipinski definition) is 4. The van der Waals surface area contributed by atoms with Crippen LogP contribution < -0.4 is 9.46 Å². The average molecular weight is 293 g/mol. The molecule has 0 aliphatic rings. The molecule has 0 atom stereocenters. The summed E-state index contributed by atoms with van der Waals surface area (Å²) >= 11 is 0. The predicted octanol–water partition coefficient (Wildman–Crippen LogP) is 2.51. The van der Waals surface area contributed by atoms with Gasteiger partial charge >= 0.3 is 0 Å². The Hall–Kier alpha value is -2.21. The van der Waals surface area contributed by atoms with E-state index in [9.17, 15) is 13.5 Å². The molecule has 0 bridgehead atoms. The van der Waals surface area contributed by atoms with E-state index in [1.165, 1.54) is 31.4 Å². The Labute approximate surface area is 117 Å². The first-order chi connectivity index (χ1) is 9.42. The van der Waals surface area contributed by atoms with Gasteiger partial charge in [-0.15, -0.1) is 0 Å². The normalized spacial score (nSPS) is 11.1. The molecule has 5 nitrogen and oxygen atoms in total. The van der Waals surface area contributed by atoms with Crippen molar-refractivity contribution in [2.75, 3.05) is 11.8 Å². The van der Waals surface area contributed by atoms with Crippen LogP contribution >= 0.6 is 0 Å². The van der Waals surface area contributed by atoms with Crippen LogP contribution in [0.3, 0.4) is 0 Å². The number of hydrogen-bond donors (Lipinski definition) is 2. The molecule has 0 heterocycles. The Morgan fingerprint density at radius 3 is 2.50 bits per heavy atom. The van der Waals surface area contributed by atoms with E-state index >= 15 is 0 Å². The first-order valence-corrected chi connectivity index (χ1v) is 7.37. The van der Waals surface area contributed by atoms with Crippen molar-refractivity contribution in [2.45, 2.75) is 11.8 Å². The number of benzene rings is 2. The van der Waals surface area contributed by atoms with E-state index in [1.807, 2.05) is 0 Å². The van der Waals surface area contributed by atoms with E-state index < -0.39 is 10.0 Å². The summed E-state index contributed by atoms with van der Waals surface area (Å²) in [6, 6.07) is 10.5. The largest absolute Gasteiger partial charge is 0.508 e. The van der Waals surface area contributed by atoms with Gasteiger partial charge < -0.3 is 9.84 Å². The van der Waals surface area contributed by atoms with Crippen molar-refractivity contribution in [2.24, 2.45) is 0 Å². The van der Waals surface area contributed by atoms with Crippen molar-refractivity contribution < 1.29 is 18.3 Å². The van der Waals surface area contributed by atoms with E-state index in [-0.39, 0.29) is 10.6 Å². The van der Waals surface area contributed by atoms with Gasteiger partial charge in [0, 0.05) is 6.07 Å². The molecule has 2 aromatic rings. The summed E-state index contributed by atoms with van der Waals surface area (Å²) < 4.78 is 32.0. The molecule has 0 saturated heterocycles. The lowest BCUT2D eigenvalue weighted by molar-refractivity contribution is 0.411. The van der Waals surface area contributed by atoms with Gasteiger partial charge in [-0.1, -0.05) is 6.07 Å². The third kappa shape index (κ3) is 3.03. The molecule has 0 spiro atoms. The lowest BCUT2D eigenvalue weighted by atomic mass is 10.2. The first-order valence-electron chi connectivity index (χ1n) is 5.89. The highest BCUT2D eigenvalue weighted by molar-refractivity contribution is 7.92. The van der Waals surface area contributed by atoms with Crippen LogP contribution in [0.1, 0.15) is 5.56 Å². The number of ether oxygens (including phenoxy) is 1. The van der Waals surface area contributed by atoms with Crippen LogP contribution in [0.2, 0.25) is 0 Å². The molecule has 106 valence electrons. The number of phenols is 1. The fourth-order valence-electron chi connectivity index (χ4n) is 1.80. The minimum atomic E-state index is -3.69. The smallest absolute Gasteiger partial charge is 0.261 e. The Balaban J connectivity index is 2.33.